The average Bonchev–Trinajstić information content (AvgIpc) is 3.34. The minimum absolute atomic E-state index is 0.0375. The highest BCUT2D eigenvalue weighted by Crippen LogP contribution is 2.18. The van der Waals surface area contributed by atoms with Gasteiger partial charge in [0.15, 0.2) is 0 Å². The van der Waals surface area contributed by atoms with Crippen molar-refractivity contribution in [2.45, 2.75) is 10.3 Å². The molecule has 1 aromatic carbocycles. The molecule has 1 aliphatic rings. The zero-order chi connectivity index (χ0) is 24.9. The van der Waals surface area contributed by atoms with Gasteiger partial charge in [-0.3, -0.25) is 19.8 Å². The van der Waals surface area contributed by atoms with E-state index in [9.17, 15) is 27.9 Å². The van der Waals surface area contributed by atoms with Gasteiger partial charge in [0.1, 0.15) is 16.1 Å². The highest BCUT2D eigenvalue weighted by molar-refractivity contribution is 7.91. The molecule has 0 bridgehead atoms. The number of nitrogen functional groups attached to an aromatic ring is 1. The number of nitrogens with two attached hydrogens (primary N) is 1. The fourth-order valence-electron chi connectivity index (χ4n) is 3.23. The summed E-state index contributed by atoms with van der Waals surface area (Å²) >= 11 is 0.938. The summed E-state index contributed by atoms with van der Waals surface area (Å²) in [4.78, 5) is 39.5. The van der Waals surface area contributed by atoms with Crippen molar-refractivity contribution in [3.8, 4) is 0 Å². The van der Waals surface area contributed by atoms with Crippen LogP contribution in [0.25, 0.3) is 0 Å². The molecule has 2 aromatic rings. The van der Waals surface area contributed by atoms with Gasteiger partial charge in [0, 0.05) is 30.9 Å². The lowest BCUT2D eigenvalue weighted by Gasteiger charge is -2.35. The van der Waals surface area contributed by atoms with E-state index in [0.29, 0.717) is 12.1 Å². The summed E-state index contributed by atoms with van der Waals surface area (Å²) in [5.74, 6) is -2.39. The monoisotopic (exact) mass is 508 g/mol. The largest absolute Gasteiger partial charge is 0.480 e. The number of amidine groups is 1. The van der Waals surface area contributed by atoms with Crippen LogP contribution in [0.15, 0.2) is 46.0 Å². The van der Waals surface area contributed by atoms with Gasteiger partial charge in [-0.2, -0.15) is 4.72 Å². The van der Waals surface area contributed by atoms with Crippen LogP contribution in [0, 0.1) is 5.41 Å². The number of amides is 2. The second kappa shape index (κ2) is 10.6. The Kier molecular flexibility index (Phi) is 7.86. The molecule has 1 aromatic heterocycles. The van der Waals surface area contributed by atoms with Gasteiger partial charge in [0.05, 0.1) is 13.1 Å². The molecule has 0 unspecified atom stereocenters. The van der Waals surface area contributed by atoms with Crippen molar-refractivity contribution in [2.24, 2.45) is 5.73 Å². The number of carbonyl (C=O) groups is 3. The zero-order valence-electron chi connectivity index (χ0n) is 17.9. The van der Waals surface area contributed by atoms with Gasteiger partial charge in [-0.15, -0.1) is 11.3 Å². The number of carboxylic acid groups (broad SMARTS) is 1. The smallest absolute Gasteiger partial charge is 0.323 e. The lowest BCUT2D eigenvalue weighted by molar-refractivity contribution is -0.139. The summed E-state index contributed by atoms with van der Waals surface area (Å²) in [7, 11) is -4.04. The van der Waals surface area contributed by atoms with Crippen molar-refractivity contribution in [3.63, 3.8) is 0 Å². The third-order valence-electron chi connectivity index (χ3n) is 5.06. The first-order valence-corrected chi connectivity index (χ1v) is 12.5. The molecule has 1 aliphatic heterocycles. The molecule has 0 spiro atoms. The third-order valence-corrected chi connectivity index (χ3v) is 7.92. The number of hydrogen-bond acceptors (Lipinski definition) is 8. The molecule has 12 nitrogen and oxygen atoms in total. The fourth-order valence-corrected chi connectivity index (χ4v) is 5.43. The maximum Gasteiger partial charge on any atom is 0.323 e. The molecule has 182 valence electrons. The van der Waals surface area contributed by atoms with Crippen LogP contribution in [0.5, 0.6) is 0 Å². The topological polar surface area (TPSA) is 186 Å². The number of sulfonamides is 1. The number of nitrogens with zero attached hydrogens (tertiary/aromatic N) is 2. The van der Waals surface area contributed by atoms with Gasteiger partial charge >= 0.3 is 5.97 Å². The van der Waals surface area contributed by atoms with Crippen LogP contribution in [0.4, 0.5) is 5.69 Å². The third kappa shape index (κ3) is 6.30. The van der Waals surface area contributed by atoms with E-state index < -0.39 is 34.5 Å². The molecule has 1 atom stereocenters. The summed E-state index contributed by atoms with van der Waals surface area (Å²) in [5, 5.41) is 20.7. The van der Waals surface area contributed by atoms with Crippen molar-refractivity contribution < 1.29 is 27.9 Å². The Morgan fingerprint density at radius 1 is 1.21 bits per heavy atom. The molecular weight excluding hydrogens is 484 g/mol. The molecule has 2 amide bonds. The van der Waals surface area contributed by atoms with Crippen LogP contribution in [-0.4, -0.2) is 80.8 Å². The Morgan fingerprint density at radius 2 is 1.91 bits per heavy atom. The molecule has 0 aliphatic carbocycles. The normalized spacial score (nSPS) is 15.1. The zero-order valence-corrected chi connectivity index (χ0v) is 19.6. The summed E-state index contributed by atoms with van der Waals surface area (Å²) in [6.07, 6.45) is 0. The Morgan fingerprint density at radius 3 is 2.47 bits per heavy atom. The van der Waals surface area contributed by atoms with Crippen LogP contribution in [0.3, 0.4) is 0 Å². The molecular formula is C20H24N6O6S2. The molecule has 2 heterocycles. The Hall–Kier alpha value is -3.49. The Bertz CT molecular complexity index is 1170. The van der Waals surface area contributed by atoms with Crippen LogP contribution in [0.1, 0.15) is 5.56 Å². The van der Waals surface area contributed by atoms with Gasteiger partial charge in [-0.25, -0.2) is 8.42 Å². The van der Waals surface area contributed by atoms with Crippen LogP contribution in [0.2, 0.25) is 0 Å². The molecule has 3 rings (SSSR count). The first-order valence-electron chi connectivity index (χ1n) is 10.1. The summed E-state index contributed by atoms with van der Waals surface area (Å²) < 4.78 is 26.5. The van der Waals surface area contributed by atoms with Gasteiger partial charge < -0.3 is 26.0 Å². The molecule has 6 N–H and O–H groups in total. The number of nitrogens with one attached hydrogen (secondary N) is 3. The highest BCUT2D eigenvalue weighted by atomic mass is 32.2. The van der Waals surface area contributed by atoms with E-state index in [4.69, 9.17) is 11.1 Å². The van der Waals surface area contributed by atoms with Gasteiger partial charge in [0.2, 0.25) is 11.8 Å². The number of benzene rings is 1. The van der Waals surface area contributed by atoms with E-state index in [1.54, 1.807) is 29.6 Å². The van der Waals surface area contributed by atoms with E-state index in [1.807, 2.05) is 4.90 Å². The molecule has 34 heavy (non-hydrogen) atoms. The van der Waals surface area contributed by atoms with Gasteiger partial charge in [-0.1, -0.05) is 6.07 Å². The number of aliphatic carboxylic acids is 1. The summed E-state index contributed by atoms with van der Waals surface area (Å²) in [6, 6.07) is 8.19. The number of piperazine rings is 1. The minimum Gasteiger partial charge on any atom is -0.480 e. The highest BCUT2D eigenvalue weighted by Gasteiger charge is 2.28. The summed E-state index contributed by atoms with van der Waals surface area (Å²) in [6.45, 7) is 0.0331. The number of carboxylic acids is 1. The van der Waals surface area contributed by atoms with E-state index in [2.05, 4.69) is 10.0 Å². The van der Waals surface area contributed by atoms with Crippen LogP contribution < -0.4 is 20.7 Å². The Balaban J connectivity index is 1.51. The van der Waals surface area contributed by atoms with Crippen LogP contribution in [-0.2, 0) is 24.4 Å². The van der Waals surface area contributed by atoms with Crippen molar-refractivity contribution in [1.29, 1.82) is 5.41 Å². The number of carbonyl (C=O) groups excluding carboxylic acids is 2. The predicted molar refractivity (Wildman–Crippen MR) is 125 cm³/mol. The van der Waals surface area contributed by atoms with E-state index in [0.717, 1.165) is 17.0 Å². The van der Waals surface area contributed by atoms with Crippen molar-refractivity contribution in [1.82, 2.24) is 14.9 Å². The molecule has 0 radical (unpaired) electrons. The number of thiophene rings is 1. The number of hydrogen-bond donors (Lipinski definition) is 5. The maximum absolute atomic E-state index is 12.5. The first kappa shape index (κ1) is 25.1. The fraction of sp³-hybridized carbons (Fsp3) is 0.300. The van der Waals surface area contributed by atoms with E-state index in [1.165, 1.54) is 17.0 Å². The number of rotatable bonds is 10. The lowest BCUT2D eigenvalue weighted by atomic mass is 10.1. The Labute approximate surface area is 199 Å². The predicted octanol–water partition coefficient (Wildman–Crippen LogP) is -0.771. The average molecular weight is 509 g/mol. The van der Waals surface area contributed by atoms with Gasteiger partial charge in [-0.05, 0) is 35.7 Å². The van der Waals surface area contributed by atoms with E-state index in [-0.39, 0.29) is 35.6 Å². The quantitative estimate of drug-likeness (QED) is 0.204. The van der Waals surface area contributed by atoms with Crippen molar-refractivity contribution >= 4 is 50.7 Å². The first-order chi connectivity index (χ1) is 16.1. The lowest BCUT2D eigenvalue weighted by Crippen LogP contribution is -2.54. The molecule has 1 fully saturated rings. The van der Waals surface area contributed by atoms with E-state index >= 15 is 0 Å². The SMILES string of the molecule is N=C(N)c1ccc(N2CCN(CC(=O)NC[C@H](NS(=O)(=O)c3cccs3)C(=O)O)C(=O)C2)cc1. The van der Waals surface area contributed by atoms with Crippen LogP contribution >= 0.6 is 11.3 Å². The molecule has 0 saturated carbocycles. The van der Waals surface area contributed by atoms with Gasteiger partial charge in [0.25, 0.3) is 10.0 Å². The van der Waals surface area contributed by atoms with Crippen molar-refractivity contribution in [2.75, 3.05) is 37.6 Å². The summed E-state index contributed by atoms with van der Waals surface area (Å²) in [5.41, 5.74) is 6.80. The standard InChI is InChI=1S/C20H24N6O6S2/c21-19(22)13-3-5-14(6-4-13)25-7-8-26(17(28)12-25)11-16(27)23-10-15(20(29)30)24-34(31,32)18-2-1-9-33-18/h1-6,9,15,24H,7-8,10-12H2,(H3,21,22)(H,23,27)(H,29,30)/t15-/m0/s1. The molecule has 14 heteroatoms. The second-order valence-corrected chi connectivity index (χ2v) is 10.3. The maximum atomic E-state index is 12.5. The second-order valence-electron chi connectivity index (χ2n) is 7.45. The molecule has 1 saturated heterocycles. The number of anilines is 1. The minimum atomic E-state index is -4.04. The van der Waals surface area contributed by atoms with Crippen molar-refractivity contribution in [3.05, 3.63) is 47.3 Å².